The summed E-state index contributed by atoms with van der Waals surface area (Å²) >= 11 is 0. The first kappa shape index (κ1) is 24.5. The smallest absolute Gasteiger partial charge is 0.411 e. The van der Waals surface area contributed by atoms with E-state index in [4.69, 9.17) is 15.2 Å². The fourth-order valence-electron chi connectivity index (χ4n) is 3.82. The van der Waals surface area contributed by atoms with E-state index in [0.717, 1.165) is 42.7 Å². The first-order chi connectivity index (χ1) is 15.5. The predicted molar refractivity (Wildman–Crippen MR) is 120 cm³/mol. The summed E-state index contributed by atoms with van der Waals surface area (Å²) in [5.74, 6) is -2.51. The first-order valence-electron chi connectivity index (χ1n) is 11.0. The molecule has 1 aliphatic rings. The molecule has 2 N–H and O–H groups in total. The van der Waals surface area contributed by atoms with Gasteiger partial charge in [-0.1, -0.05) is 30.3 Å². The zero-order valence-corrected chi connectivity index (χ0v) is 19.1. The zero-order valence-electron chi connectivity index (χ0n) is 19.1. The third kappa shape index (κ3) is 6.43. The summed E-state index contributed by atoms with van der Waals surface area (Å²) in [6.45, 7) is 4.79. The van der Waals surface area contributed by atoms with Crippen molar-refractivity contribution in [2.75, 3.05) is 5.73 Å². The molecule has 0 spiro atoms. The van der Waals surface area contributed by atoms with E-state index in [2.05, 4.69) is 0 Å². The number of carbonyl (C=O) groups is 2. The maximum atomic E-state index is 14.1. The molecule has 178 valence electrons. The summed E-state index contributed by atoms with van der Waals surface area (Å²) in [5.41, 5.74) is 4.55. The predicted octanol–water partition coefficient (Wildman–Crippen LogP) is 5.51. The molecule has 2 aromatic carbocycles. The van der Waals surface area contributed by atoms with Gasteiger partial charge in [-0.05, 0) is 69.7 Å². The number of anilines is 1. The van der Waals surface area contributed by atoms with Crippen molar-refractivity contribution in [2.24, 2.45) is 0 Å². The van der Waals surface area contributed by atoms with Crippen LogP contribution in [0.15, 0.2) is 42.5 Å². The number of halogens is 2. The normalized spacial score (nSPS) is 15.2. The van der Waals surface area contributed by atoms with E-state index in [1.807, 2.05) is 0 Å². The lowest BCUT2D eigenvalue weighted by Crippen LogP contribution is -2.43. The third-order valence-corrected chi connectivity index (χ3v) is 5.36. The average Bonchev–Trinajstić information content (AvgIpc) is 3.24. The van der Waals surface area contributed by atoms with E-state index in [9.17, 15) is 18.4 Å². The van der Waals surface area contributed by atoms with Crippen molar-refractivity contribution in [1.82, 2.24) is 4.90 Å². The lowest BCUT2D eigenvalue weighted by atomic mass is 10.0. The van der Waals surface area contributed by atoms with Gasteiger partial charge in [-0.2, -0.15) is 0 Å². The number of hydrogen-bond acceptors (Lipinski definition) is 5. The Balaban J connectivity index is 2.02. The average molecular weight is 461 g/mol. The first-order valence-corrected chi connectivity index (χ1v) is 11.0. The number of benzene rings is 2. The highest BCUT2D eigenvalue weighted by Gasteiger charge is 2.37. The van der Waals surface area contributed by atoms with Crippen LogP contribution in [-0.2, 0) is 20.8 Å². The second-order valence-corrected chi connectivity index (χ2v) is 9.24. The lowest BCUT2D eigenvalue weighted by molar-refractivity contribution is -0.155. The van der Waals surface area contributed by atoms with Crippen molar-refractivity contribution in [2.45, 2.75) is 70.7 Å². The molecule has 0 bridgehead atoms. The molecule has 8 heteroatoms. The molecule has 6 nitrogen and oxygen atoms in total. The molecule has 0 aromatic heterocycles. The summed E-state index contributed by atoms with van der Waals surface area (Å²) in [6, 6.07) is 9.57. The molecule has 1 atom stereocenters. The molecular weight excluding hydrogens is 430 g/mol. The van der Waals surface area contributed by atoms with Crippen LogP contribution in [0.3, 0.4) is 0 Å². The molecule has 1 saturated carbocycles. The quantitative estimate of drug-likeness (QED) is 0.454. The number of nitrogens with two attached hydrogens (primary N) is 1. The summed E-state index contributed by atoms with van der Waals surface area (Å²) in [7, 11) is 0. The van der Waals surface area contributed by atoms with Crippen molar-refractivity contribution in [3.63, 3.8) is 0 Å². The number of ether oxygens (including phenoxy) is 2. The number of esters is 1. The number of carbonyl (C=O) groups excluding carboxylic acids is 2. The van der Waals surface area contributed by atoms with Crippen molar-refractivity contribution in [1.29, 1.82) is 0 Å². The monoisotopic (exact) mass is 460 g/mol. The van der Waals surface area contributed by atoms with E-state index in [0.29, 0.717) is 5.56 Å². The molecule has 2 aromatic rings. The van der Waals surface area contributed by atoms with Crippen LogP contribution in [0.2, 0.25) is 0 Å². The number of hydrogen-bond donors (Lipinski definition) is 1. The standard InChI is InChI=1S/C25H30F2N2O4/c1-25(2,3)33-24(31)29(15-16-13-19(26)21(28)20(27)14-16)22(17-9-5-4-6-10-17)23(30)32-18-11-7-8-12-18/h4-6,9-10,13-14,18,22H,7-8,11-12,15,28H2,1-3H3/t22-/m0/s1. The van der Waals surface area contributed by atoms with Gasteiger partial charge in [-0.3, -0.25) is 4.90 Å². The number of amides is 1. The molecular formula is C25H30F2N2O4. The Morgan fingerprint density at radius 2 is 1.67 bits per heavy atom. The van der Waals surface area contributed by atoms with Crippen LogP contribution in [0.25, 0.3) is 0 Å². The van der Waals surface area contributed by atoms with Crippen LogP contribution in [-0.4, -0.2) is 28.7 Å². The fourth-order valence-corrected chi connectivity index (χ4v) is 3.82. The van der Waals surface area contributed by atoms with Crippen molar-refractivity contribution >= 4 is 17.7 Å². The van der Waals surface area contributed by atoms with Crippen molar-refractivity contribution in [3.8, 4) is 0 Å². The van der Waals surface area contributed by atoms with Gasteiger partial charge in [0.05, 0.1) is 6.54 Å². The highest BCUT2D eigenvalue weighted by atomic mass is 19.1. The van der Waals surface area contributed by atoms with Crippen LogP contribution in [0, 0.1) is 11.6 Å². The molecule has 0 saturated heterocycles. The van der Waals surface area contributed by atoms with Crippen LogP contribution in [0.5, 0.6) is 0 Å². The summed E-state index contributed by atoms with van der Waals surface area (Å²) in [6.07, 6.45) is 2.41. The zero-order chi connectivity index (χ0) is 24.2. The maximum Gasteiger partial charge on any atom is 0.411 e. The number of nitrogens with zero attached hydrogens (tertiary/aromatic N) is 1. The van der Waals surface area contributed by atoms with Gasteiger partial charge >= 0.3 is 12.1 Å². The number of nitrogen functional groups attached to an aromatic ring is 1. The molecule has 0 heterocycles. The van der Waals surface area contributed by atoms with Crippen molar-refractivity contribution < 1.29 is 27.8 Å². The molecule has 3 rings (SSSR count). The molecule has 1 amide bonds. The minimum atomic E-state index is -1.16. The summed E-state index contributed by atoms with van der Waals surface area (Å²) < 4.78 is 39.5. The van der Waals surface area contributed by atoms with Gasteiger partial charge in [0, 0.05) is 0 Å². The van der Waals surface area contributed by atoms with E-state index >= 15 is 0 Å². The maximum absolute atomic E-state index is 14.1. The second-order valence-electron chi connectivity index (χ2n) is 9.24. The van der Waals surface area contributed by atoms with Crippen LogP contribution >= 0.6 is 0 Å². The Kier molecular flexibility index (Phi) is 7.56. The Morgan fingerprint density at radius 3 is 2.21 bits per heavy atom. The molecule has 0 radical (unpaired) electrons. The fraction of sp³-hybridized carbons (Fsp3) is 0.440. The van der Waals surface area contributed by atoms with Crippen LogP contribution in [0.1, 0.15) is 63.6 Å². The second kappa shape index (κ2) is 10.2. The SMILES string of the molecule is CC(C)(C)OC(=O)N(Cc1cc(F)c(N)c(F)c1)[C@H](C(=O)OC1CCCC1)c1ccccc1. The highest BCUT2D eigenvalue weighted by molar-refractivity contribution is 5.83. The Morgan fingerprint density at radius 1 is 1.09 bits per heavy atom. The Hall–Kier alpha value is -3.16. The summed E-state index contributed by atoms with van der Waals surface area (Å²) in [4.78, 5) is 27.7. The van der Waals surface area contributed by atoms with Gasteiger partial charge in [0.1, 0.15) is 29.0 Å². The Bertz CT molecular complexity index is 963. The lowest BCUT2D eigenvalue weighted by Gasteiger charge is -2.33. The molecule has 1 fully saturated rings. The van der Waals surface area contributed by atoms with Gasteiger partial charge in [0.25, 0.3) is 0 Å². The van der Waals surface area contributed by atoms with Gasteiger partial charge < -0.3 is 15.2 Å². The molecule has 0 aliphatic heterocycles. The van der Waals surface area contributed by atoms with E-state index in [1.165, 1.54) is 0 Å². The minimum absolute atomic E-state index is 0.125. The van der Waals surface area contributed by atoms with E-state index in [-0.39, 0.29) is 18.2 Å². The highest BCUT2D eigenvalue weighted by Crippen LogP contribution is 2.30. The van der Waals surface area contributed by atoms with Gasteiger partial charge in [0.15, 0.2) is 6.04 Å². The number of rotatable bonds is 6. The molecule has 33 heavy (non-hydrogen) atoms. The van der Waals surface area contributed by atoms with Crippen molar-refractivity contribution in [3.05, 3.63) is 65.2 Å². The van der Waals surface area contributed by atoms with Crippen LogP contribution in [0.4, 0.5) is 19.3 Å². The van der Waals surface area contributed by atoms with Gasteiger partial charge in [-0.15, -0.1) is 0 Å². The summed E-state index contributed by atoms with van der Waals surface area (Å²) in [5, 5.41) is 0. The van der Waals surface area contributed by atoms with Gasteiger partial charge in [-0.25, -0.2) is 18.4 Å². The van der Waals surface area contributed by atoms with E-state index < -0.39 is 41.0 Å². The molecule has 0 unspecified atom stereocenters. The van der Waals surface area contributed by atoms with Gasteiger partial charge in [0.2, 0.25) is 0 Å². The third-order valence-electron chi connectivity index (χ3n) is 5.36. The molecule has 1 aliphatic carbocycles. The minimum Gasteiger partial charge on any atom is -0.461 e. The van der Waals surface area contributed by atoms with Crippen LogP contribution < -0.4 is 5.73 Å². The van der Waals surface area contributed by atoms with E-state index in [1.54, 1.807) is 51.1 Å². The Labute approximate surface area is 192 Å². The topological polar surface area (TPSA) is 81.9 Å². The largest absolute Gasteiger partial charge is 0.461 e.